The van der Waals surface area contributed by atoms with Gasteiger partial charge in [0, 0.05) is 64.0 Å². The molecule has 0 aliphatic carbocycles. The summed E-state index contributed by atoms with van der Waals surface area (Å²) in [6.07, 6.45) is 0.668. The molecule has 0 saturated carbocycles. The van der Waals surface area contributed by atoms with Crippen molar-refractivity contribution in [3.05, 3.63) is 23.6 Å². The van der Waals surface area contributed by atoms with Crippen LogP contribution in [0, 0.1) is 11.7 Å². The predicted molar refractivity (Wildman–Crippen MR) is 120 cm³/mol. The number of fused-ring (bicyclic) bond motifs is 1. The summed E-state index contributed by atoms with van der Waals surface area (Å²) in [7, 11) is 1.68. The first-order chi connectivity index (χ1) is 15.9. The number of piperidine rings is 2. The quantitative estimate of drug-likeness (QED) is 0.670. The number of hydrogen-bond donors (Lipinski definition) is 2. The monoisotopic (exact) mass is 460 g/mol. The lowest BCUT2D eigenvalue weighted by molar-refractivity contribution is -0.134. The van der Waals surface area contributed by atoms with Crippen LogP contribution in [0.2, 0.25) is 0 Å². The molecule has 5 rings (SSSR count). The second-order valence-corrected chi connectivity index (χ2v) is 9.36. The van der Waals surface area contributed by atoms with Crippen molar-refractivity contribution in [2.75, 3.05) is 50.7 Å². The molecule has 3 fully saturated rings. The Kier molecular flexibility index (Phi) is 6.05. The molecule has 178 valence electrons. The molecule has 2 amide bonds. The van der Waals surface area contributed by atoms with Gasteiger partial charge in [-0.3, -0.25) is 24.5 Å². The Balaban J connectivity index is 1.32. The Hall–Kier alpha value is -2.59. The number of rotatable bonds is 4. The smallest absolute Gasteiger partial charge is 0.235 e. The highest BCUT2D eigenvalue weighted by Gasteiger charge is 2.33. The highest BCUT2D eigenvalue weighted by molar-refractivity contribution is 6.02. The first-order valence-corrected chi connectivity index (χ1v) is 11.7. The summed E-state index contributed by atoms with van der Waals surface area (Å²) >= 11 is 0. The summed E-state index contributed by atoms with van der Waals surface area (Å²) in [5, 5.41) is 10.5. The van der Waals surface area contributed by atoms with Crippen molar-refractivity contribution in [1.29, 1.82) is 0 Å². The molecule has 0 radical (unpaired) electrons. The van der Waals surface area contributed by atoms with Crippen molar-refractivity contribution in [3.8, 4) is 0 Å². The number of piperazine rings is 1. The van der Waals surface area contributed by atoms with E-state index in [2.05, 4.69) is 20.6 Å². The van der Waals surface area contributed by atoms with E-state index < -0.39 is 12.1 Å². The maximum absolute atomic E-state index is 15.6. The number of imide groups is 1. The molecule has 3 saturated heterocycles. The molecule has 2 N–H and O–H groups in total. The normalized spacial score (nSPS) is 27.2. The van der Waals surface area contributed by atoms with Gasteiger partial charge in [-0.15, -0.1) is 0 Å². The summed E-state index contributed by atoms with van der Waals surface area (Å²) < 4.78 is 31.3. The van der Waals surface area contributed by atoms with Gasteiger partial charge < -0.3 is 10.2 Å². The third-order valence-corrected chi connectivity index (χ3v) is 7.27. The molecule has 10 heteroatoms. The van der Waals surface area contributed by atoms with Gasteiger partial charge in [-0.1, -0.05) is 0 Å². The zero-order valence-corrected chi connectivity index (χ0v) is 18.8. The van der Waals surface area contributed by atoms with Crippen LogP contribution in [0.1, 0.15) is 30.9 Å². The standard InChI is InChI=1S/C23H30F2N6O2/c1-29-22-15(21(28-29)16-3-5-19(32)27-23(16)33)2-4-18(20(22)25)31-10-8-30(9-11-31)13-14-6-7-26-12-17(14)24/h2,4,14,16-17,26H,3,5-13H2,1H3,(H,27,32,33)/t14-,16?,17-/m1/s1. The van der Waals surface area contributed by atoms with Gasteiger partial charge in [-0.25, -0.2) is 8.78 Å². The molecule has 3 aliphatic heterocycles. The minimum atomic E-state index is -0.806. The maximum atomic E-state index is 15.6. The van der Waals surface area contributed by atoms with E-state index in [-0.39, 0.29) is 30.0 Å². The van der Waals surface area contributed by atoms with E-state index in [1.165, 1.54) is 4.68 Å². The molecule has 1 aromatic heterocycles. The van der Waals surface area contributed by atoms with Crippen LogP contribution in [0.25, 0.3) is 10.9 Å². The number of carbonyl (C=O) groups is 2. The van der Waals surface area contributed by atoms with Gasteiger partial charge >= 0.3 is 0 Å². The van der Waals surface area contributed by atoms with E-state index in [4.69, 9.17) is 0 Å². The van der Waals surface area contributed by atoms with Crippen molar-refractivity contribution in [1.82, 2.24) is 25.3 Å². The van der Waals surface area contributed by atoms with Gasteiger partial charge in [-0.05, 0) is 31.5 Å². The van der Waals surface area contributed by atoms with E-state index in [0.717, 1.165) is 32.6 Å². The number of nitrogens with one attached hydrogen (secondary N) is 2. The number of benzene rings is 1. The second kappa shape index (κ2) is 8.98. The van der Waals surface area contributed by atoms with Crippen LogP contribution < -0.4 is 15.5 Å². The molecule has 0 bridgehead atoms. The van der Waals surface area contributed by atoms with Crippen LogP contribution in [-0.4, -0.2) is 78.5 Å². The van der Waals surface area contributed by atoms with Gasteiger partial charge in [-0.2, -0.15) is 5.10 Å². The topological polar surface area (TPSA) is 82.5 Å². The number of aromatic nitrogens is 2. The Morgan fingerprint density at radius 1 is 1.15 bits per heavy atom. The van der Waals surface area contributed by atoms with Gasteiger partial charge in [0.05, 0.1) is 17.3 Å². The fourth-order valence-corrected chi connectivity index (χ4v) is 5.38. The second-order valence-electron chi connectivity index (χ2n) is 9.36. The summed E-state index contributed by atoms with van der Waals surface area (Å²) in [6, 6.07) is 3.59. The van der Waals surface area contributed by atoms with Gasteiger partial charge in [0.2, 0.25) is 11.8 Å². The largest absolute Gasteiger partial charge is 0.367 e. The fourth-order valence-electron chi connectivity index (χ4n) is 5.38. The van der Waals surface area contributed by atoms with Crippen LogP contribution in [0.15, 0.2) is 12.1 Å². The number of amides is 2. The minimum Gasteiger partial charge on any atom is -0.367 e. The van der Waals surface area contributed by atoms with Crippen molar-refractivity contribution in [2.45, 2.75) is 31.4 Å². The van der Waals surface area contributed by atoms with Crippen LogP contribution in [0.4, 0.5) is 14.5 Å². The van der Waals surface area contributed by atoms with Crippen LogP contribution in [-0.2, 0) is 16.6 Å². The van der Waals surface area contributed by atoms with E-state index in [9.17, 15) is 14.0 Å². The molecule has 33 heavy (non-hydrogen) atoms. The molecular weight excluding hydrogens is 430 g/mol. The Bertz CT molecular complexity index is 1060. The van der Waals surface area contributed by atoms with E-state index in [0.29, 0.717) is 48.3 Å². The zero-order valence-electron chi connectivity index (χ0n) is 18.8. The molecule has 3 atom stereocenters. The van der Waals surface area contributed by atoms with Crippen LogP contribution in [0.5, 0.6) is 0 Å². The number of anilines is 1. The number of hydrogen-bond acceptors (Lipinski definition) is 6. The Labute approximate surface area is 191 Å². The molecular formula is C23H30F2N6O2. The minimum absolute atomic E-state index is 0.0611. The molecule has 8 nitrogen and oxygen atoms in total. The summed E-state index contributed by atoms with van der Waals surface area (Å²) in [4.78, 5) is 28.1. The van der Waals surface area contributed by atoms with E-state index in [1.54, 1.807) is 13.1 Å². The Morgan fingerprint density at radius 2 is 1.94 bits per heavy atom. The van der Waals surface area contributed by atoms with Crippen LogP contribution in [0.3, 0.4) is 0 Å². The van der Waals surface area contributed by atoms with Gasteiger partial charge in [0.25, 0.3) is 0 Å². The highest BCUT2D eigenvalue weighted by Crippen LogP contribution is 2.35. The number of carbonyl (C=O) groups excluding carboxylic acids is 2. The lowest BCUT2D eigenvalue weighted by Gasteiger charge is -2.39. The number of nitrogens with zero attached hydrogens (tertiary/aromatic N) is 4. The highest BCUT2D eigenvalue weighted by atomic mass is 19.1. The maximum Gasteiger partial charge on any atom is 0.235 e. The summed E-state index contributed by atoms with van der Waals surface area (Å²) in [6.45, 7) is 4.91. The molecule has 3 aliphatic rings. The number of aryl methyl sites for hydroxylation is 1. The van der Waals surface area contributed by atoms with Crippen molar-refractivity contribution < 1.29 is 18.4 Å². The lowest BCUT2D eigenvalue weighted by atomic mass is 9.92. The molecule has 2 aromatic rings. The third kappa shape index (κ3) is 4.21. The fraction of sp³-hybridized carbons (Fsp3) is 0.609. The molecule has 1 aromatic carbocycles. The average Bonchev–Trinajstić information content (AvgIpc) is 3.13. The summed E-state index contributed by atoms with van der Waals surface area (Å²) in [5.41, 5.74) is 1.39. The van der Waals surface area contributed by atoms with Gasteiger partial charge in [0.1, 0.15) is 11.7 Å². The SMILES string of the molecule is Cn1nc(C2CCC(=O)NC2=O)c2ccc(N3CCN(C[C@H]4CCNC[C@H]4F)CC3)c(F)c21. The molecule has 1 unspecified atom stereocenters. The van der Waals surface area contributed by atoms with Crippen molar-refractivity contribution >= 4 is 28.4 Å². The average molecular weight is 461 g/mol. The predicted octanol–water partition coefficient (Wildman–Crippen LogP) is 1.30. The van der Waals surface area contributed by atoms with E-state index in [1.807, 2.05) is 11.0 Å². The lowest BCUT2D eigenvalue weighted by Crippen LogP contribution is -2.50. The van der Waals surface area contributed by atoms with Crippen molar-refractivity contribution in [3.63, 3.8) is 0 Å². The number of alkyl halides is 1. The number of halogens is 2. The third-order valence-electron chi connectivity index (χ3n) is 7.27. The molecule has 0 spiro atoms. The van der Waals surface area contributed by atoms with Crippen LogP contribution >= 0.6 is 0 Å². The first-order valence-electron chi connectivity index (χ1n) is 11.7. The Morgan fingerprint density at radius 3 is 2.67 bits per heavy atom. The van der Waals surface area contributed by atoms with Crippen molar-refractivity contribution in [2.24, 2.45) is 13.0 Å². The zero-order chi connectivity index (χ0) is 23.1. The molecule has 4 heterocycles. The summed E-state index contributed by atoms with van der Waals surface area (Å²) in [5.74, 6) is -1.51. The van der Waals surface area contributed by atoms with E-state index >= 15 is 4.39 Å². The first kappa shape index (κ1) is 22.2. The van der Waals surface area contributed by atoms with Gasteiger partial charge in [0.15, 0.2) is 5.82 Å².